The molecule has 2 aromatic heterocycles. The molecule has 6 heteroatoms. The van der Waals surface area contributed by atoms with Crippen molar-refractivity contribution in [3.63, 3.8) is 0 Å². The van der Waals surface area contributed by atoms with Crippen LogP contribution in [0.5, 0.6) is 0 Å². The third kappa shape index (κ3) is 2.71. The third-order valence-electron chi connectivity index (χ3n) is 2.83. The van der Waals surface area contributed by atoms with Crippen molar-refractivity contribution in [1.29, 1.82) is 0 Å². The van der Waals surface area contributed by atoms with Crippen molar-refractivity contribution in [1.82, 2.24) is 30.1 Å². The quantitative estimate of drug-likeness (QED) is 0.806. The standard InChI is InChI=1S/C11H16N6/c1-16-5-4-10(14-16)7-17-8-11(13-15-17)6-12-9-2-3-9/h4-5,8-9,12H,2-3,6-7H2,1H3. The van der Waals surface area contributed by atoms with Gasteiger partial charge < -0.3 is 5.32 Å². The van der Waals surface area contributed by atoms with Crippen LogP contribution in [-0.2, 0) is 20.1 Å². The van der Waals surface area contributed by atoms with E-state index in [1.807, 2.05) is 30.2 Å². The average Bonchev–Trinajstić information content (AvgIpc) is 2.90. The minimum absolute atomic E-state index is 0.678. The van der Waals surface area contributed by atoms with Crippen LogP contribution in [0.1, 0.15) is 24.2 Å². The maximum atomic E-state index is 4.31. The van der Waals surface area contributed by atoms with Crippen molar-refractivity contribution in [2.45, 2.75) is 32.0 Å². The van der Waals surface area contributed by atoms with Crippen LogP contribution in [0.3, 0.4) is 0 Å². The Balaban J connectivity index is 1.59. The normalized spacial score (nSPS) is 15.4. The van der Waals surface area contributed by atoms with E-state index >= 15 is 0 Å². The van der Waals surface area contributed by atoms with E-state index in [-0.39, 0.29) is 0 Å². The average molecular weight is 232 g/mol. The first kappa shape index (κ1) is 10.5. The molecule has 90 valence electrons. The largest absolute Gasteiger partial charge is 0.308 e. The highest BCUT2D eigenvalue weighted by Gasteiger charge is 2.20. The molecular formula is C11H16N6. The summed E-state index contributed by atoms with van der Waals surface area (Å²) in [5.74, 6) is 0. The number of aryl methyl sites for hydroxylation is 1. The Morgan fingerprint density at radius 2 is 2.29 bits per heavy atom. The number of nitrogens with zero attached hydrogens (tertiary/aromatic N) is 5. The fourth-order valence-corrected chi connectivity index (χ4v) is 1.75. The van der Waals surface area contributed by atoms with Crippen molar-refractivity contribution in [3.8, 4) is 0 Å². The SMILES string of the molecule is Cn1ccc(Cn2cc(CNC3CC3)nn2)n1. The fraction of sp³-hybridized carbons (Fsp3) is 0.545. The summed E-state index contributed by atoms with van der Waals surface area (Å²) in [5.41, 5.74) is 1.99. The first-order valence-corrected chi connectivity index (χ1v) is 5.90. The van der Waals surface area contributed by atoms with Gasteiger partial charge in [-0.25, -0.2) is 4.68 Å². The van der Waals surface area contributed by atoms with Gasteiger partial charge in [-0.05, 0) is 18.9 Å². The monoisotopic (exact) mass is 232 g/mol. The summed E-state index contributed by atoms with van der Waals surface area (Å²) in [5, 5.41) is 16.0. The Hall–Kier alpha value is -1.69. The molecule has 2 aromatic rings. The summed E-state index contributed by atoms with van der Waals surface area (Å²) >= 11 is 0. The van der Waals surface area contributed by atoms with E-state index in [2.05, 4.69) is 20.7 Å². The second-order valence-electron chi connectivity index (χ2n) is 4.54. The zero-order valence-corrected chi connectivity index (χ0v) is 9.87. The lowest BCUT2D eigenvalue weighted by atomic mass is 10.4. The number of hydrogen-bond acceptors (Lipinski definition) is 4. The second-order valence-corrected chi connectivity index (χ2v) is 4.54. The molecular weight excluding hydrogens is 216 g/mol. The van der Waals surface area contributed by atoms with Gasteiger partial charge in [-0.15, -0.1) is 5.10 Å². The van der Waals surface area contributed by atoms with Gasteiger partial charge in [-0.1, -0.05) is 5.21 Å². The Bertz CT molecular complexity index is 496. The van der Waals surface area contributed by atoms with Gasteiger partial charge >= 0.3 is 0 Å². The highest BCUT2D eigenvalue weighted by molar-refractivity contribution is 5.01. The summed E-state index contributed by atoms with van der Waals surface area (Å²) in [6.45, 7) is 1.49. The van der Waals surface area contributed by atoms with Crippen LogP contribution in [0, 0.1) is 0 Å². The van der Waals surface area contributed by atoms with Gasteiger partial charge in [0.15, 0.2) is 0 Å². The molecule has 1 N–H and O–H groups in total. The molecule has 17 heavy (non-hydrogen) atoms. The van der Waals surface area contributed by atoms with Crippen LogP contribution in [0.25, 0.3) is 0 Å². The first-order chi connectivity index (χ1) is 8.29. The Morgan fingerprint density at radius 3 is 3.00 bits per heavy atom. The number of nitrogens with one attached hydrogen (secondary N) is 1. The van der Waals surface area contributed by atoms with Gasteiger partial charge in [0.25, 0.3) is 0 Å². The lowest BCUT2D eigenvalue weighted by Gasteiger charge is -1.97. The second kappa shape index (κ2) is 4.29. The molecule has 1 saturated carbocycles. The molecule has 1 fully saturated rings. The highest BCUT2D eigenvalue weighted by Crippen LogP contribution is 2.18. The minimum atomic E-state index is 0.678. The summed E-state index contributed by atoms with van der Waals surface area (Å²) in [6, 6.07) is 2.69. The van der Waals surface area contributed by atoms with E-state index in [1.54, 1.807) is 4.68 Å². The van der Waals surface area contributed by atoms with E-state index in [0.717, 1.165) is 17.9 Å². The van der Waals surface area contributed by atoms with Gasteiger partial charge in [0.2, 0.25) is 0 Å². The summed E-state index contributed by atoms with van der Waals surface area (Å²) in [7, 11) is 1.91. The summed E-state index contributed by atoms with van der Waals surface area (Å²) in [6.07, 6.45) is 6.50. The Labute approximate surface area is 99.6 Å². The van der Waals surface area contributed by atoms with Gasteiger partial charge in [0.05, 0.1) is 24.1 Å². The molecule has 2 heterocycles. The zero-order chi connectivity index (χ0) is 11.7. The van der Waals surface area contributed by atoms with Crippen molar-refractivity contribution < 1.29 is 0 Å². The molecule has 0 saturated heterocycles. The lowest BCUT2D eigenvalue weighted by molar-refractivity contribution is 0.623. The molecule has 0 radical (unpaired) electrons. The predicted octanol–water partition coefficient (Wildman–Crippen LogP) is 0.312. The predicted molar refractivity (Wildman–Crippen MR) is 62.2 cm³/mol. The van der Waals surface area contributed by atoms with E-state index in [1.165, 1.54) is 12.8 Å². The van der Waals surface area contributed by atoms with E-state index in [4.69, 9.17) is 0 Å². The highest BCUT2D eigenvalue weighted by atomic mass is 15.4. The van der Waals surface area contributed by atoms with Crippen LogP contribution < -0.4 is 5.32 Å². The van der Waals surface area contributed by atoms with Crippen LogP contribution >= 0.6 is 0 Å². The van der Waals surface area contributed by atoms with Crippen LogP contribution in [0.2, 0.25) is 0 Å². The maximum Gasteiger partial charge on any atom is 0.0965 e. The molecule has 0 aromatic carbocycles. The first-order valence-electron chi connectivity index (χ1n) is 5.90. The molecule has 0 unspecified atom stereocenters. The van der Waals surface area contributed by atoms with Crippen molar-refractivity contribution in [2.24, 2.45) is 7.05 Å². The molecule has 1 aliphatic carbocycles. The minimum Gasteiger partial charge on any atom is -0.308 e. The van der Waals surface area contributed by atoms with Gasteiger partial charge in [0.1, 0.15) is 0 Å². The van der Waals surface area contributed by atoms with Crippen LogP contribution in [0.4, 0.5) is 0 Å². The smallest absolute Gasteiger partial charge is 0.0965 e. The van der Waals surface area contributed by atoms with Gasteiger partial charge in [-0.3, -0.25) is 4.68 Å². The molecule has 0 aliphatic heterocycles. The van der Waals surface area contributed by atoms with E-state index in [9.17, 15) is 0 Å². The molecule has 1 aliphatic rings. The summed E-state index contributed by atoms with van der Waals surface area (Å²) < 4.78 is 3.62. The summed E-state index contributed by atoms with van der Waals surface area (Å²) in [4.78, 5) is 0. The number of rotatable bonds is 5. The van der Waals surface area contributed by atoms with E-state index in [0.29, 0.717) is 12.6 Å². The number of aromatic nitrogens is 5. The topological polar surface area (TPSA) is 60.6 Å². The number of hydrogen-bond donors (Lipinski definition) is 1. The molecule has 6 nitrogen and oxygen atoms in total. The van der Waals surface area contributed by atoms with Crippen LogP contribution in [-0.4, -0.2) is 30.8 Å². The van der Waals surface area contributed by atoms with E-state index < -0.39 is 0 Å². The molecule has 3 rings (SSSR count). The third-order valence-corrected chi connectivity index (χ3v) is 2.83. The zero-order valence-electron chi connectivity index (χ0n) is 9.87. The fourth-order valence-electron chi connectivity index (χ4n) is 1.75. The molecule has 0 atom stereocenters. The molecule has 0 bridgehead atoms. The van der Waals surface area contributed by atoms with Gasteiger partial charge in [-0.2, -0.15) is 5.10 Å². The Morgan fingerprint density at radius 1 is 1.41 bits per heavy atom. The lowest BCUT2D eigenvalue weighted by Crippen LogP contribution is -2.15. The van der Waals surface area contributed by atoms with Crippen molar-refractivity contribution >= 4 is 0 Å². The molecule has 0 amide bonds. The van der Waals surface area contributed by atoms with Crippen LogP contribution in [0.15, 0.2) is 18.5 Å². The Kier molecular flexibility index (Phi) is 2.64. The van der Waals surface area contributed by atoms with Crippen molar-refractivity contribution in [2.75, 3.05) is 0 Å². The van der Waals surface area contributed by atoms with Crippen molar-refractivity contribution in [3.05, 3.63) is 29.8 Å². The molecule has 0 spiro atoms. The maximum absolute atomic E-state index is 4.31. The van der Waals surface area contributed by atoms with Gasteiger partial charge in [0, 0.05) is 25.8 Å².